The van der Waals surface area contributed by atoms with Crippen molar-refractivity contribution in [3.63, 3.8) is 0 Å². The summed E-state index contributed by atoms with van der Waals surface area (Å²) in [5.41, 5.74) is 3.23. The van der Waals surface area contributed by atoms with E-state index in [1.807, 2.05) is 36.4 Å². The van der Waals surface area contributed by atoms with Crippen molar-refractivity contribution in [3.05, 3.63) is 81.9 Å². The van der Waals surface area contributed by atoms with Crippen LogP contribution in [0.3, 0.4) is 0 Å². The van der Waals surface area contributed by atoms with Crippen LogP contribution in [0.4, 0.5) is 13.2 Å². The van der Waals surface area contributed by atoms with E-state index in [4.69, 9.17) is 0 Å². The number of hydrogen-bond donors (Lipinski definition) is 0. The highest BCUT2D eigenvalue weighted by molar-refractivity contribution is 14.1. The van der Waals surface area contributed by atoms with Gasteiger partial charge in [0, 0.05) is 3.57 Å². The molecule has 0 fully saturated rings. The number of alkyl halides is 3. The van der Waals surface area contributed by atoms with Crippen molar-refractivity contribution in [1.29, 1.82) is 0 Å². The van der Waals surface area contributed by atoms with Crippen molar-refractivity contribution in [3.8, 4) is 22.3 Å². The lowest BCUT2D eigenvalue weighted by molar-refractivity contribution is -0.137. The van der Waals surface area contributed by atoms with Crippen LogP contribution in [0.5, 0.6) is 0 Å². The molecule has 3 rings (SSSR count). The third-order valence-electron chi connectivity index (χ3n) is 3.61. The highest BCUT2D eigenvalue weighted by Crippen LogP contribution is 2.31. The van der Waals surface area contributed by atoms with E-state index < -0.39 is 11.7 Å². The molecule has 0 aliphatic heterocycles. The predicted molar refractivity (Wildman–Crippen MR) is 95.0 cm³/mol. The molecule has 0 N–H and O–H groups in total. The molecule has 3 aromatic carbocycles. The van der Waals surface area contributed by atoms with Gasteiger partial charge in [-0.05, 0) is 69.1 Å². The molecule has 0 saturated carbocycles. The van der Waals surface area contributed by atoms with Crippen LogP contribution in [0.15, 0.2) is 72.8 Å². The Kier molecular flexibility index (Phi) is 4.43. The summed E-state index contributed by atoms with van der Waals surface area (Å²) >= 11 is 2.26. The summed E-state index contributed by atoms with van der Waals surface area (Å²) < 4.78 is 38.9. The van der Waals surface area contributed by atoms with Crippen LogP contribution in [-0.2, 0) is 6.18 Å². The van der Waals surface area contributed by atoms with Gasteiger partial charge in [0.15, 0.2) is 0 Å². The van der Waals surface area contributed by atoms with E-state index >= 15 is 0 Å². The third-order valence-corrected chi connectivity index (χ3v) is 4.33. The Labute approximate surface area is 146 Å². The minimum Gasteiger partial charge on any atom is -0.166 e. The second-order valence-electron chi connectivity index (χ2n) is 5.16. The molecule has 0 atom stereocenters. The zero-order valence-electron chi connectivity index (χ0n) is 11.9. The molecule has 0 saturated heterocycles. The first-order valence-electron chi connectivity index (χ1n) is 6.97. The maximum absolute atomic E-state index is 12.6. The molecule has 0 aliphatic carbocycles. The first-order chi connectivity index (χ1) is 10.9. The Hall–Kier alpha value is -1.82. The Morgan fingerprint density at radius 3 is 1.17 bits per heavy atom. The summed E-state index contributed by atoms with van der Waals surface area (Å²) in [5, 5.41) is 0. The van der Waals surface area contributed by atoms with Crippen molar-refractivity contribution < 1.29 is 13.2 Å². The fourth-order valence-corrected chi connectivity index (χ4v) is 2.71. The first-order valence-corrected chi connectivity index (χ1v) is 8.05. The average Bonchev–Trinajstić information content (AvgIpc) is 2.55. The third kappa shape index (κ3) is 3.75. The Morgan fingerprint density at radius 1 is 0.522 bits per heavy atom. The van der Waals surface area contributed by atoms with Gasteiger partial charge >= 0.3 is 6.18 Å². The maximum atomic E-state index is 12.6. The van der Waals surface area contributed by atoms with Gasteiger partial charge in [-0.3, -0.25) is 0 Å². The molecule has 0 aliphatic rings. The Morgan fingerprint density at radius 2 is 0.826 bits per heavy atom. The van der Waals surface area contributed by atoms with Gasteiger partial charge in [0.2, 0.25) is 0 Å². The van der Waals surface area contributed by atoms with Crippen molar-refractivity contribution in [2.75, 3.05) is 0 Å². The van der Waals surface area contributed by atoms with Crippen LogP contribution < -0.4 is 0 Å². The number of hydrogen-bond acceptors (Lipinski definition) is 0. The van der Waals surface area contributed by atoms with Crippen LogP contribution in [0, 0.1) is 3.57 Å². The van der Waals surface area contributed by atoms with Gasteiger partial charge in [0.05, 0.1) is 5.56 Å². The summed E-state index contributed by atoms with van der Waals surface area (Å²) in [6.45, 7) is 0. The van der Waals surface area contributed by atoms with Crippen LogP contribution in [0.25, 0.3) is 22.3 Å². The van der Waals surface area contributed by atoms with E-state index in [-0.39, 0.29) is 0 Å². The van der Waals surface area contributed by atoms with Gasteiger partial charge in [0.25, 0.3) is 0 Å². The Bertz CT molecular complexity index is 786. The quantitative estimate of drug-likeness (QED) is 0.405. The van der Waals surface area contributed by atoms with Crippen LogP contribution in [-0.4, -0.2) is 0 Å². The lowest BCUT2D eigenvalue weighted by Gasteiger charge is -2.08. The van der Waals surface area contributed by atoms with E-state index in [9.17, 15) is 13.2 Å². The monoisotopic (exact) mass is 424 g/mol. The fraction of sp³-hybridized carbons (Fsp3) is 0.0526. The minimum absolute atomic E-state index is 0.628. The molecule has 4 heteroatoms. The van der Waals surface area contributed by atoms with Gasteiger partial charge in [-0.15, -0.1) is 0 Å². The zero-order chi connectivity index (χ0) is 16.4. The normalized spacial score (nSPS) is 11.5. The second kappa shape index (κ2) is 6.35. The molecule has 0 aromatic heterocycles. The summed E-state index contributed by atoms with van der Waals surface area (Å²) in [7, 11) is 0. The van der Waals surface area contributed by atoms with E-state index in [1.165, 1.54) is 15.7 Å². The second-order valence-corrected chi connectivity index (χ2v) is 6.40. The minimum atomic E-state index is -4.30. The molecule has 116 valence electrons. The molecule has 0 radical (unpaired) electrons. The summed E-state index contributed by atoms with van der Waals surface area (Å²) in [4.78, 5) is 0. The topological polar surface area (TPSA) is 0 Å². The highest BCUT2D eigenvalue weighted by Gasteiger charge is 2.29. The largest absolute Gasteiger partial charge is 0.416 e. The van der Waals surface area contributed by atoms with Crippen LogP contribution in [0.2, 0.25) is 0 Å². The van der Waals surface area contributed by atoms with Crippen LogP contribution >= 0.6 is 22.6 Å². The highest BCUT2D eigenvalue weighted by atomic mass is 127. The van der Waals surface area contributed by atoms with Gasteiger partial charge in [0.1, 0.15) is 0 Å². The fourth-order valence-electron chi connectivity index (χ4n) is 2.35. The summed E-state index contributed by atoms with van der Waals surface area (Å²) in [6.07, 6.45) is -4.30. The molecular weight excluding hydrogens is 412 g/mol. The van der Waals surface area contributed by atoms with Crippen molar-refractivity contribution in [2.45, 2.75) is 6.18 Å². The molecule has 0 unspecified atom stereocenters. The van der Waals surface area contributed by atoms with Crippen molar-refractivity contribution in [2.24, 2.45) is 0 Å². The Balaban J connectivity index is 1.86. The van der Waals surface area contributed by atoms with Crippen molar-refractivity contribution >= 4 is 22.6 Å². The summed E-state index contributed by atoms with van der Waals surface area (Å²) in [5.74, 6) is 0. The molecule has 3 aromatic rings. The standard InChI is InChI=1S/C19H12F3I/c20-19(21,22)17-9-5-15(6-10-17)13-1-3-14(4-2-13)16-7-11-18(23)12-8-16/h1-12H. The molecule has 0 heterocycles. The molecule has 0 nitrogen and oxygen atoms in total. The maximum Gasteiger partial charge on any atom is 0.416 e. The lowest BCUT2D eigenvalue weighted by atomic mass is 9.99. The van der Waals surface area contributed by atoms with E-state index in [2.05, 4.69) is 34.7 Å². The summed E-state index contributed by atoms with van der Waals surface area (Å²) in [6, 6.07) is 21.2. The average molecular weight is 424 g/mol. The molecule has 0 amide bonds. The molecule has 0 bridgehead atoms. The van der Waals surface area contributed by atoms with Gasteiger partial charge in [-0.1, -0.05) is 48.5 Å². The number of benzene rings is 3. The molecular formula is C19H12F3I. The van der Waals surface area contributed by atoms with Gasteiger partial charge < -0.3 is 0 Å². The molecule has 0 spiro atoms. The molecule has 23 heavy (non-hydrogen) atoms. The SMILES string of the molecule is FC(F)(F)c1ccc(-c2ccc(-c3ccc(I)cc3)cc2)cc1. The van der Waals surface area contributed by atoms with Gasteiger partial charge in [-0.25, -0.2) is 0 Å². The smallest absolute Gasteiger partial charge is 0.166 e. The predicted octanol–water partition coefficient (Wildman–Crippen LogP) is 6.64. The number of halogens is 4. The first kappa shape index (κ1) is 16.1. The van der Waals surface area contributed by atoms with E-state index in [0.29, 0.717) is 0 Å². The van der Waals surface area contributed by atoms with Gasteiger partial charge in [-0.2, -0.15) is 13.2 Å². The van der Waals surface area contributed by atoms with E-state index in [1.54, 1.807) is 0 Å². The number of rotatable bonds is 2. The lowest BCUT2D eigenvalue weighted by Crippen LogP contribution is -2.03. The van der Waals surface area contributed by atoms with E-state index in [0.717, 1.165) is 34.4 Å². The van der Waals surface area contributed by atoms with Crippen LogP contribution in [0.1, 0.15) is 5.56 Å². The zero-order valence-corrected chi connectivity index (χ0v) is 14.1. The van der Waals surface area contributed by atoms with Crippen molar-refractivity contribution in [1.82, 2.24) is 0 Å².